The Kier molecular flexibility index (Phi) is 5.76. The fourth-order valence-electron chi connectivity index (χ4n) is 2.37. The highest BCUT2D eigenvalue weighted by atomic mass is 16.5. The van der Waals surface area contributed by atoms with Crippen molar-refractivity contribution in [3.05, 3.63) is 71.4 Å². The van der Waals surface area contributed by atoms with Crippen molar-refractivity contribution in [2.45, 2.75) is 27.0 Å². The first-order valence-electron chi connectivity index (χ1n) is 8.38. The van der Waals surface area contributed by atoms with E-state index in [4.69, 9.17) is 9.15 Å². The monoisotopic (exact) mass is 351 g/mol. The number of ether oxygens (including phenoxy) is 1. The second-order valence-electron chi connectivity index (χ2n) is 6.01. The number of carbonyl (C=O) groups excluding carboxylic acids is 1. The van der Waals surface area contributed by atoms with Gasteiger partial charge in [0, 0.05) is 24.5 Å². The molecule has 0 bridgehead atoms. The lowest BCUT2D eigenvalue weighted by Gasteiger charge is -2.05. The molecule has 0 saturated heterocycles. The summed E-state index contributed by atoms with van der Waals surface area (Å²) in [5, 5.41) is 2.80. The third kappa shape index (κ3) is 4.77. The minimum Gasteiger partial charge on any atom is -0.441 e. The van der Waals surface area contributed by atoms with Crippen LogP contribution in [0.25, 0.3) is 11.5 Å². The number of oxazole rings is 1. The molecule has 0 saturated carbocycles. The van der Waals surface area contributed by atoms with Crippen molar-refractivity contribution in [1.82, 2.24) is 15.3 Å². The van der Waals surface area contributed by atoms with Crippen LogP contribution in [0.1, 0.15) is 22.6 Å². The van der Waals surface area contributed by atoms with Gasteiger partial charge in [-0.25, -0.2) is 4.98 Å². The number of nitrogens with one attached hydrogen (secondary N) is 1. The number of pyridine rings is 1. The SMILES string of the molecule is Cc1ccc(-c2nc(COCC(=O)NCc3ccncc3)c(C)o2)cc1. The van der Waals surface area contributed by atoms with Crippen LogP contribution >= 0.6 is 0 Å². The van der Waals surface area contributed by atoms with Crippen LogP contribution in [-0.2, 0) is 22.7 Å². The zero-order valence-electron chi connectivity index (χ0n) is 14.9. The van der Waals surface area contributed by atoms with Crippen LogP contribution in [0.4, 0.5) is 0 Å². The van der Waals surface area contributed by atoms with E-state index in [1.165, 1.54) is 5.56 Å². The molecule has 3 rings (SSSR count). The molecule has 26 heavy (non-hydrogen) atoms. The average molecular weight is 351 g/mol. The maximum atomic E-state index is 11.9. The van der Waals surface area contributed by atoms with Gasteiger partial charge in [-0.15, -0.1) is 0 Å². The fourth-order valence-corrected chi connectivity index (χ4v) is 2.37. The van der Waals surface area contributed by atoms with E-state index in [9.17, 15) is 4.79 Å². The summed E-state index contributed by atoms with van der Waals surface area (Å²) in [7, 11) is 0. The molecule has 0 spiro atoms. The molecule has 6 nitrogen and oxygen atoms in total. The van der Waals surface area contributed by atoms with E-state index in [2.05, 4.69) is 15.3 Å². The summed E-state index contributed by atoms with van der Waals surface area (Å²) in [6.45, 7) is 4.52. The summed E-state index contributed by atoms with van der Waals surface area (Å²) >= 11 is 0. The Morgan fingerprint density at radius 1 is 1.12 bits per heavy atom. The fraction of sp³-hybridized carbons (Fsp3) is 0.250. The van der Waals surface area contributed by atoms with Crippen LogP contribution in [0.3, 0.4) is 0 Å². The highest BCUT2D eigenvalue weighted by Gasteiger charge is 2.12. The largest absolute Gasteiger partial charge is 0.441 e. The van der Waals surface area contributed by atoms with E-state index in [-0.39, 0.29) is 19.1 Å². The number of aryl methyl sites for hydroxylation is 2. The van der Waals surface area contributed by atoms with Gasteiger partial charge in [-0.3, -0.25) is 9.78 Å². The van der Waals surface area contributed by atoms with Gasteiger partial charge in [0.15, 0.2) is 0 Å². The standard InChI is InChI=1S/C20H21N3O3/c1-14-3-5-17(6-4-14)20-23-18(15(2)26-20)12-25-13-19(24)22-11-16-7-9-21-10-8-16/h3-10H,11-13H2,1-2H3,(H,22,24). The molecule has 0 aliphatic rings. The Bertz CT molecular complexity index is 858. The van der Waals surface area contributed by atoms with E-state index in [1.54, 1.807) is 12.4 Å². The zero-order chi connectivity index (χ0) is 18.4. The summed E-state index contributed by atoms with van der Waals surface area (Å²) in [5.41, 5.74) is 3.78. The third-order valence-electron chi connectivity index (χ3n) is 3.90. The van der Waals surface area contributed by atoms with Crippen LogP contribution in [0.5, 0.6) is 0 Å². The predicted octanol–water partition coefficient (Wildman–Crippen LogP) is 3.19. The third-order valence-corrected chi connectivity index (χ3v) is 3.90. The summed E-state index contributed by atoms with van der Waals surface area (Å²) in [6.07, 6.45) is 3.38. The molecular weight excluding hydrogens is 330 g/mol. The van der Waals surface area contributed by atoms with E-state index < -0.39 is 0 Å². The first kappa shape index (κ1) is 17.8. The van der Waals surface area contributed by atoms with Crippen molar-refractivity contribution in [3.8, 4) is 11.5 Å². The number of carbonyl (C=O) groups is 1. The quantitative estimate of drug-likeness (QED) is 0.707. The van der Waals surface area contributed by atoms with Gasteiger partial charge < -0.3 is 14.5 Å². The maximum absolute atomic E-state index is 11.9. The summed E-state index contributed by atoms with van der Waals surface area (Å²) < 4.78 is 11.2. The summed E-state index contributed by atoms with van der Waals surface area (Å²) in [4.78, 5) is 20.3. The number of rotatable bonds is 7. The first-order valence-corrected chi connectivity index (χ1v) is 8.38. The first-order chi connectivity index (χ1) is 12.6. The molecule has 0 aliphatic heterocycles. The number of amides is 1. The molecule has 0 fully saturated rings. The highest BCUT2D eigenvalue weighted by molar-refractivity contribution is 5.77. The molecule has 0 unspecified atom stereocenters. The highest BCUT2D eigenvalue weighted by Crippen LogP contribution is 2.22. The summed E-state index contributed by atoms with van der Waals surface area (Å²) in [6, 6.07) is 11.7. The topological polar surface area (TPSA) is 77.2 Å². The Balaban J connectivity index is 1.49. The van der Waals surface area contributed by atoms with Crippen LogP contribution in [-0.4, -0.2) is 22.5 Å². The minimum absolute atomic E-state index is 0.0305. The lowest BCUT2D eigenvalue weighted by molar-refractivity contribution is -0.126. The van der Waals surface area contributed by atoms with Gasteiger partial charge in [-0.1, -0.05) is 17.7 Å². The van der Waals surface area contributed by atoms with Gasteiger partial charge in [0.05, 0.1) is 6.61 Å². The van der Waals surface area contributed by atoms with Gasteiger partial charge in [0.2, 0.25) is 11.8 Å². The number of nitrogens with zero attached hydrogens (tertiary/aromatic N) is 2. The number of hydrogen-bond acceptors (Lipinski definition) is 5. The molecule has 134 valence electrons. The van der Waals surface area contributed by atoms with Crippen molar-refractivity contribution in [3.63, 3.8) is 0 Å². The molecule has 0 atom stereocenters. The Hall–Kier alpha value is -2.99. The Morgan fingerprint density at radius 3 is 2.58 bits per heavy atom. The molecule has 0 radical (unpaired) electrons. The predicted molar refractivity (Wildman–Crippen MR) is 97.2 cm³/mol. The lowest BCUT2D eigenvalue weighted by atomic mass is 10.1. The maximum Gasteiger partial charge on any atom is 0.246 e. The molecule has 1 amide bonds. The molecule has 1 N–H and O–H groups in total. The van der Waals surface area contributed by atoms with Gasteiger partial charge in [-0.2, -0.15) is 0 Å². The van der Waals surface area contributed by atoms with Gasteiger partial charge >= 0.3 is 0 Å². The van der Waals surface area contributed by atoms with Gasteiger partial charge in [0.25, 0.3) is 0 Å². The van der Waals surface area contributed by atoms with Crippen molar-refractivity contribution in [2.75, 3.05) is 6.61 Å². The van der Waals surface area contributed by atoms with Crippen LogP contribution < -0.4 is 5.32 Å². The molecule has 3 aromatic rings. The van der Waals surface area contributed by atoms with Crippen molar-refractivity contribution in [1.29, 1.82) is 0 Å². The molecular formula is C20H21N3O3. The van der Waals surface area contributed by atoms with Gasteiger partial charge in [0.1, 0.15) is 18.1 Å². The number of aromatic nitrogens is 2. The van der Waals surface area contributed by atoms with E-state index in [1.807, 2.05) is 50.2 Å². The van der Waals surface area contributed by atoms with Crippen molar-refractivity contribution in [2.24, 2.45) is 0 Å². The molecule has 6 heteroatoms. The molecule has 1 aromatic carbocycles. The second kappa shape index (κ2) is 8.40. The smallest absolute Gasteiger partial charge is 0.246 e. The van der Waals surface area contributed by atoms with Crippen LogP contribution in [0.15, 0.2) is 53.2 Å². The van der Waals surface area contributed by atoms with Gasteiger partial charge in [-0.05, 0) is 43.7 Å². The molecule has 0 aliphatic carbocycles. The normalized spacial score (nSPS) is 10.7. The number of benzene rings is 1. The van der Waals surface area contributed by atoms with E-state index in [0.29, 0.717) is 23.9 Å². The zero-order valence-corrected chi connectivity index (χ0v) is 14.9. The second-order valence-corrected chi connectivity index (χ2v) is 6.01. The Morgan fingerprint density at radius 2 is 1.85 bits per heavy atom. The minimum atomic E-state index is -0.179. The van der Waals surface area contributed by atoms with Crippen molar-refractivity contribution < 1.29 is 13.9 Å². The Labute approximate surface area is 152 Å². The van der Waals surface area contributed by atoms with Crippen LogP contribution in [0, 0.1) is 13.8 Å². The number of hydrogen-bond donors (Lipinski definition) is 1. The van der Waals surface area contributed by atoms with Crippen LogP contribution in [0.2, 0.25) is 0 Å². The molecule has 2 aromatic heterocycles. The average Bonchev–Trinajstić information content (AvgIpc) is 3.02. The van der Waals surface area contributed by atoms with Crippen molar-refractivity contribution >= 4 is 5.91 Å². The summed E-state index contributed by atoms with van der Waals surface area (Å²) in [5.74, 6) is 1.07. The van der Waals surface area contributed by atoms with E-state index >= 15 is 0 Å². The molecule has 2 heterocycles. The van der Waals surface area contributed by atoms with E-state index in [0.717, 1.165) is 11.1 Å². The lowest BCUT2D eigenvalue weighted by Crippen LogP contribution is -2.27.